The first-order valence-corrected chi connectivity index (χ1v) is 24.3. The van der Waals surface area contributed by atoms with E-state index in [2.05, 4.69) is 300 Å². The molecule has 0 unspecified atom stereocenters. The van der Waals surface area contributed by atoms with Gasteiger partial charge in [-0.05, 0) is 155 Å². The van der Waals surface area contributed by atoms with Crippen LogP contribution in [0.4, 0.5) is 51.2 Å². The zero-order chi connectivity index (χ0) is 48.5. The summed E-state index contributed by atoms with van der Waals surface area (Å²) in [5, 5.41) is 9.58. The van der Waals surface area contributed by atoms with E-state index in [1.54, 1.807) is 0 Å². The van der Waals surface area contributed by atoms with Crippen LogP contribution in [-0.4, -0.2) is 0 Å². The Labute approximate surface area is 422 Å². The number of hydrogen-bond acceptors (Lipinski definition) is 4. The molecule has 11 rings (SSSR count). The number of anilines is 9. The molecule has 0 saturated carbocycles. The lowest BCUT2D eigenvalue weighted by molar-refractivity contribution is 0.745. The maximum absolute atomic E-state index is 9.58. The largest absolute Gasteiger partial charge is 0.311 e. The average Bonchev–Trinajstić information content (AvgIpc) is 3.46. The summed E-state index contributed by atoms with van der Waals surface area (Å²) in [6.45, 7) is 0. The van der Waals surface area contributed by atoms with E-state index in [0.29, 0.717) is 5.56 Å². The zero-order valence-corrected chi connectivity index (χ0v) is 39.7. The van der Waals surface area contributed by atoms with Gasteiger partial charge in [0.2, 0.25) is 0 Å². The van der Waals surface area contributed by atoms with Crippen LogP contribution in [0.3, 0.4) is 0 Å². The van der Waals surface area contributed by atoms with E-state index < -0.39 is 5.41 Å². The van der Waals surface area contributed by atoms with E-state index in [1.165, 1.54) is 0 Å². The predicted molar refractivity (Wildman–Crippen MR) is 299 cm³/mol. The van der Waals surface area contributed by atoms with Gasteiger partial charge in [-0.3, -0.25) is 0 Å². The molecule has 0 radical (unpaired) electrons. The number of nitrogens with zero attached hydrogens (tertiary/aromatic N) is 4. The summed E-state index contributed by atoms with van der Waals surface area (Å²) in [7, 11) is 0. The molecule has 0 N–H and O–H groups in total. The molecule has 0 aliphatic carbocycles. The minimum absolute atomic E-state index is 0.638. The number of rotatable bonds is 14. The molecule has 0 saturated heterocycles. The topological polar surface area (TPSA) is 33.5 Å². The van der Waals surface area contributed by atoms with Crippen molar-refractivity contribution in [1.82, 2.24) is 0 Å². The van der Waals surface area contributed by atoms with Crippen LogP contribution in [0.25, 0.3) is 11.1 Å². The lowest BCUT2D eigenvalue weighted by Gasteiger charge is -2.38. The van der Waals surface area contributed by atoms with Crippen molar-refractivity contribution in [3.8, 4) is 17.2 Å². The second-order valence-corrected chi connectivity index (χ2v) is 17.7. The molecule has 0 atom stereocenters. The molecule has 11 aromatic carbocycles. The Kier molecular flexibility index (Phi) is 12.8. The van der Waals surface area contributed by atoms with Crippen LogP contribution in [0.5, 0.6) is 0 Å². The van der Waals surface area contributed by atoms with E-state index in [0.717, 1.165) is 84.6 Å². The van der Waals surface area contributed by atoms with E-state index in [-0.39, 0.29) is 0 Å². The van der Waals surface area contributed by atoms with Gasteiger partial charge in [0, 0.05) is 51.2 Å². The fourth-order valence-corrected chi connectivity index (χ4v) is 10.0. The minimum atomic E-state index is -0.808. The highest BCUT2D eigenvalue weighted by Crippen LogP contribution is 2.49. The van der Waals surface area contributed by atoms with Crippen LogP contribution in [0.1, 0.15) is 27.8 Å². The second-order valence-electron chi connectivity index (χ2n) is 17.7. The van der Waals surface area contributed by atoms with Crippen molar-refractivity contribution in [3.63, 3.8) is 0 Å². The number of benzene rings is 11. The Balaban J connectivity index is 1.13. The van der Waals surface area contributed by atoms with Gasteiger partial charge in [0.15, 0.2) is 0 Å². The van der Waals surface area contributed by atoms with Crippen LogP contribution in [-0.2, 0) is 5.41 Å². The smallest absolute Gasteiger partial charge is 0.0991 e. The molecule has 4 heteroatoms. The van der Waals surface area contributed by atoms with E-state index >= 15 is 0 Å². The maximum Gasteiger partial charge on any atom is 0.0991 e. The van der Waals surface area contributed by atoms with Crippen molar-refractivity contribution in [2.24, 2.45) is 0 Å². The maximum atomic E-state index is 9.58. The first-order valence-electron chi connectivity index (χ1n) is 24.3. The average molecular weight is 923 g/mol. The van der Waals surface area contributed by atoms with Crippen LogP contribution < -0.4 is 14.7 Å². The molecular weight excluding hydrogens is 873 g/mol. The molecule has 4 nitrogen and oxygen atoms in total. The van der Waals surface area contributed by atoms with Crippen LogP contribution >= 0.6 is 0 Å². The third-order valence-corrected chi connectivity index (χ3v) is 13.4. The first-order chi connectivity index (χ1) is 35.7. The fraction of sp³-hybridized carbons (Fsp3) is 0.0147. The van der Waals surface area contributed by atoms with Gasteiger partial charge in [-0.25, -0.2) is 0 Å². The van der Waals surface area contributed by atoms with Crippen molar-refractivity contribution >= 4 is 51.2 Å². The predicted octanol–water partition coefficient (Wildman–Crippen LogP) is 18.0. The number of nitriles is 1. The quantitative estimate of drug-likeness (QED) is 0.102. The van der Waals surface area contributed by atoms with Gasteiger partial charge in [0.05, 0.1) is 17.0 Å². The minimum Gasteiger partial charge on any atom is -0.311 e. The highest BCUT2D eigenvalue weighted by atomic mass is 15.2. The van der Waals surface area contributed by atoms with Crippen molar-refractivity contribution in [3.05, 3.63) is 331 Å². The van der Waals surface area contributed by atoms with E-state index in [4.69, 9.17) is 0 Å². The van der Waals surface area contributed by atoms with Gasteiger partial charge in [0.1, 0.15) is 0 Å². The van der Waals surface area contributed by atoms with Crippen molar-refractivity contribution < 1.29 is 0 Å². The zero-order valence-electron chi connectivity index (χ0n) is 39.7. The molecule has 0 aliphatic heterocycles. The lowest BCUT2D eigenvalue weighted by Crippen LogP contribution is -2.31. The molecule has 0 amide bonds. The third-order valence-electron chi connectivity index (χ3n) is 13.4. The normalized spacial score (nSPS) is 11.0. The molecule has 0 heterocycles. The Morgan fingerprint density at radius 1 is 0.222 bits per heavy atom. The van der Waals surface area contributed by atoms with E-state index in [1.807, 2.05) is 24.3 Å². The number of para-hydroxylation sites is 6. The molecule has 11 aromatic rings. The molecular formula is C68H50N4. The molecule has 0 fully saturated rings. The Bertz CT molecular complexity index is 3090. The molecule has 0 aliphatic rings. The molecule has 342 valence electrons. The van der Waals surface area contributed by atoms with Gasteiger partial charge >= 0.3 is 0 Å². The highest BCUT2D eigenvalue weighted by Gasteiger charge is 2.39. The van der Waals surface area contributed by atoms with Crippen molar-refractivity contribution in [2.75, 3.05) is 14.7 Å². The highest BCUT2D eigenvalue weighted by molar-refractivity contribution is 5.81. The molecule has 0 spiro atoms. The molecule has 72 heavy (non-hydrogen) atoms. The van der Waals surface area contributed by atoms with Crippen LogP contribution in [0.2, 0.25) is 0 Å². The summed E-state index contributed by atoms with van der Waals surface area (Å²) in [6.07, 6.45) is 0. The summed E-state index contributed by atoms with van der Waals surface area (Å²) in [4.78, 5) is 6.93. The van der Waals surface area contributed by atoms with Crippen LogP contribution in [0, 0.1) is 11.3 Å². The first kappa shape index (κ1) is 44.8. The molecule has 0 aromatic heterocycles. The van der Waals surface area contributed by atoms with Gasteiger partial charge in [0.25, 0.3) is 0 Å². The van der Waals surface area contributed by atoms with Gasteiger partial charge < -0.3 is 14.7 Å². The van der Waals surface area contributed by atoms with Gasteiger partial charge in [-0.15, -0.1) is 0 Å². The standard InChI is InChI=1S/C68H50N4/c69-51-52-31-33-53(34-32-52)54-35-37-55(38-36-54)68(56-39-45-65(46-40-56)70(59-19-7-1-8-20-59)60-21-9-2-10-22-60,57-41-47-66(48-42-57)71(61-23-11-3-12-24-61)62-25-13-4-14-26-62)58-43-49-67(50-44-58)72(63-27-15-5-16-28-63)64-29-17-6-18-30-64/h1-50H. The monoisotopic (exact) mass is 922 g/mol. The Hall–Kier alpha value is -9.69. The summed E-state index contributed by atoms with van der Waals surface area (Å²) < 4.78 is 0. The summed E-state index contributed by atoms with van der Waals surface area (Å²) in [5.74, 6) is 0. The molecule has 0 bridgehead atoms. The second kappa shape index (κ2) is 20.5. The van der Waals surface area contributed by atoms with Gasteiger partial charge in [-0.1, -0.05) is 182 Å². The SMILES string of the molecule is N#Cc1ccc(-c2ccc(C(c3ccc(N(c4ccccc4)c4ccccc4)cc3)(c3ccc(N(c4ccccc4)c4ccccc4)cc3)c3ccc(N(c4ccccc4)c4ccccc4)cc3)cc2)cc1. The van der Waals surface area contributed by atoms with Crippen LogP contribution in [0.15, 0.2) is 303 Å². The summed E-state index contributed by atoms with van der Waals surface area (Å²) >= 11 is 0. The van der Waals surface area contributed by atoms with E-state index in [9.17, 15) is 5.26 Å². The fourth-order valence-electron chi connectivity index (χ4n) is 10.0. The number of hydrogen-bond donors (Lipinski definition) is 0. The van der Waals surface area contributed by atoms with Crippen molar-refractivity contribution in [1.29, 1.82) is 5.26 Å². The summed E-state index contributed by atoms with van der Waals surface area (Å²) in [6, 6.07) is 110. The third kappa shape index (κ3) is 8.91. The summed E-state index contributed by atoms with van der Waals surface area (Å²) in [5.41, 5.74) is 16.0. The Morgan fingerprint density at radius 3 is 0.639 bits per heavy atom. The Morgan fingerprint density at radius 2 is 0.417 bits per heavy atom. The lowest BCUT2D eigenvalue weighted by atomic mass is 9.65. The van der Waals surface area contributed by atoms with Gasteiger partial charge in [-0.2, -0.15) is 5.26 Å². The van der Waals surface area contributed by atoms with Crippen molar-refractivity contribution in [2.45, 2.75) is 5.41 Å².